The average Bonchev–Trinajstić information content (AvgIpc) is 2.62. The molecule has 0 aliphatic rings. The fraction of sp³-hybridized carbons (Fsp3) is 0.158. The SMILES string of the molecule is CCOc1ccccc1NC(=O)/C(C#N)=C\c1ccc(OC)cc1. The first-order valence-electron chi connectivity index (χ1n) is 7.47. The zero-order valence-corrected chi connectivity index (χ0v) is 13.6. The zero-order valence-electron chi connectivity index (χ0n) is 13.6. The molecular weight excluding hydrogens is 304 g/mol. The van der Waals surface area contributed by atoms with Crippen molar-refractivity contribution in [3.63, 3.8) is 0 Å². The number of anilines is 1. The Bertz CT molecular complexity index is 774. The second kappa shape index (κ2) is 8.39. The van der Waals surface area contributed by atoms with Gasteiger partial charge in [-0.1, -0.05) is 24.3 Å². The second-order valence-corrected chi connectivity index (χ2v) is 4.83. The molecule has 2 aromatic carbocycles. The molecule has 0 fully saturated rings. The van der Waals surface area contributed by atoms with E-state index in [0.717, 1.165) is 5.56 Å². The van der Waals surface area contributed by atoms with Gasteiger partial charge in [0.25, 0.3) is 5.91 Å². The Hall–Kier alpha value is -3.26. The van der Waals surface area contributed by atoms with E-state index < -0.39 is 5.91 Å². The topological polar surface area (TPSA) is 71.3 Å². The molecule has 5 nitrogen and oxygen atoms in total. The normalized spacial score (nSPS) is 10.6. The predicted molar refractivity (Wildman–Crippen MR) is 92.8 cm³/mol. The molecule has 0 aliphatic carbocycles. The molecule has 1 N–H and O–H groups in total. The third kappa shape index (κ3) is 4.37. The molecule has 122 valence electrons. The molecule has 0 aliphatic heterocycles. The van der Waals surface area contributed by atoms with E-state index in [9.17, 15) is 10.1 Å². The molecule has 0 saturated carbocycles. The summed E-state index contributed by atoms with van der Waals surface area (Å²) in [5, 5.41) is 12.0. The first-order chi connectivity index (χ1) is 11.7. The lowest BCUT2D eigenvalue weighted by atomic mass is 10.1. The molecule has 2 aromatic rings. The Kier molecular flexibility index (Phi) is 5.98. The number of hydrogen-bond donors (Lipinski definition) is 1. The van der Waals surface area contributed by atoms with Gasteiger partial charge in [0.15, 0.2) is 0 Å². The summed E-state index contributed by atoms with van der Waals surface area (Å²) in [5.41, 5.74) is 1.27. The first kappa shape index (κ1) is 17.1. The summed E-state index contributed by atoms with van der Waals surface area (Å²) >= 11 is 0. The van der Waals surface area contributed by atoms with Crippen LogP contribution in [0.25, 0.3) is 6.08 Å². The minimum Gasteiger partial charge on any atom is -0.497 e. The molecule has 0 atom stereocenters. The van der Waals surface area contributed by atoms with Crippen LogP contribution in [0.3, 0.4) is 0 Å². The van der Waals surface area contributed by atoms with Crippen LogP contribution in [0.1, 0.15) is 12.5 Å². The summed E-state index contributed by atoms with van der Waals surface area (Å²) in [4.78, 5) is 12.3. The number of hydrogen-bond acceptors (Lipinski definition) is 4. The highest BCUT2D eigenvalue weighted by Gasteiger charge is 2.12. The van der Waals surface area contributed by atoms with Crippen LogP contribution in [0.15, 0.2) is 54.1 Å². The Balaban J connectivity index is 2.20. The minimum atomic E-state index is -0.486. The molecule has 0 radical (unpaired) electrons. The summed E-state index contributed by atoms with van der Waals surface area (Å²) in [6.07, 6.45) is 1.53. The molecule has 1 amide bonds. The van der Waals surface area contributed by atoms with Crippen molar-refractivity contribution in [3.05, 3.63) is 59.7 Å². The van der Waals surface area contributed by atoms with Crippen LogP contribution in [0, 0.1) is 11.3 Å². The molecule has 0 heterocycles. The van der Waals surface area contributed by atoms with Crippen molar-refractivity contribution in [3.8, 4) is 17.6 Å². The molecular formula is C19H18N2O3. The molecule has 2 rings (SSSR count). The van der Waals surface area contributed by atoms with Gasteiger partial charge in [-0.2, -0.15) is 5.26 Å². The van der Waals surface area contributed by atoms with Gasteiger partial charge in [0, 0.05) is 0 Å². The van der Waals surface area contributed by atoms with Crippen molar-refractivity contribution in [1.82, 2.24) is 0 Å². The molecule has 5 heteroatoms. The number of carbonyl (C=O) groups is 1. The minimum absolute atomic E-state index is 0.00599. The summed E-state index contributed by atoms with van der Waals surface area (Å²) in [6.45, 7) is 2.35. The van der Waals surface area contributed by atoms with E-state index in [2.05, 4.69) is 5.32 Å². The van der Waals surface area contributed by atoms with Gasteiger partial charge in [-0.15, -0.1) is 0 Å². The Morgan fingerprint density at radius 1 is 1.21 bits per heavy atom. The van der Waals surface area contributed by atoms with Gasteiger partial charge < -0.3 is 14.8 Å². The van der Waals surface area contributed by atoms with Crippen molar-refractivity contribution >= 4 is 17.7 Å². The highest BCUT2D eigenvalue weighted by atomic mass is 16.5. The summed E-state index contributed by atoms with van der Waals surface area (Å²) < 4.78 is 10.5. The second-order valence-electron chi connectivity index (χ2n) is 4.83. The Morgan fingerprint density at radius 2 is 1.92 bits per heavy atom. The summed E-state index contributed by atoms with van der Waals surface area (Å²) in [7, 11) is 1.58. The number of nitriles is 1. The van der Waals surface area contributed by atoms with E-state index in [0.29, 0.717) is 23.8 Å². The molecule has 0 aromatic heterocycles. The summed E-state index contributed by atoms with van der Waals surface area (Å²) in [6, 6.07) is 16.1. The first-order valence-corrected chi connectivity index (χ1v) is 7.47. The molecule has 0 saturated heterocycles. The van der Waals surface area contributed by atoms with Crippen LogP contribution < -0.4 is 14.8 Å². The number of nitrogens with zero attached hydrogens (tertiary/aromatic N) is 1. The Morgan fingerprint density at radius 3 is 2.54 bits per heavy atom. The van der Waals surface area contributed by atoms with Gasteiger partial charge in [-0.05, 0) is 42.8 Å². The fourth-order valence-corrected chi connectivity index (χ4v) is 2.06. The molecule has 0 spiro atoms. The highest BCUT2D eigenvalue weighted by molar-refractivity contribution is 6.10. The lowest BCUT2D eigenvalue weighted by Gasteiger charge is -2.10. The van der Waals surface area contributed by atoms with E-state index in [-0.39, 0.29) is 5.57 Å². The van der Waals surface area contributed by atoms with E-state index in [1.165, 1.54) is 6.08 Å². The number of para-hydroxylation sites is 2. The monoisotopic (exact) mass is 322 g/mol. The zero-order chi connectivity index (χ0) is 17.4. The molecule has 0 unspecified atom stereocenters. The molecule has 0 bridgehead atoms. The fourth-order valence-electron chi connectivity index (χ4n) is 2.06. The van der Waals surface area contributed by atoms with E-state index in [4.69, 9.17) is 9.47 Å². The number of methoxy groups -OCH3 is 1. The van der Waals surface area contributed by atoms with Gasteiger partial charge in [0.05, 0.1) is 19.4 Å². The number of amides is 1. The van der Waals surface area contributed by atoms with Crippen LogP contribution in [-0.4, -0.2) is 19.6 Å². The van der Waals surface area contributed by atoms with Gasteiger partial charge >= 0.3 is 0 Å². The van der Waals surface area contributed by atoms with Gasteiger partial charge in [-0.3, -0.25) is 4.79 Å². The van der Waals surface area contributed by atoms with Crippen LogP contribution >= 0.6 is 0 Å². The maximum absolute atomic E-state index is 12.3. The van der Waals surface area contributed by atoms with Gasteiger partial charge in [-0.25, -0.2) is 0 Å². The number of benzene rings is 2. The third-order valence-electron chi connectivity index (χ3n) is 3.23. The lowest BCUT2D eigenvalue weighted by Crippen LogP contribution is -2.14. The maximum Gasteiger partial charge on any atom is 0.266 e. The largest absolute Gasteiger partial charge is 0.497 e. The highest BCUT2D eigenvalue weighted by Crippen LogP contribution is 2.24. The van der Waals surface area contributed by atoms with E-state index >= 15 is 0 Å². The average molecular weight is 322 g/mol. The van der Waals surface area contributed by atoms with Crippen molar-refractivity contribution in [1.29, 1.82) is 5.26 Å². The van der Waals surface area contributed by atoms with E-state index in [1.54, 1.807) is 49.6 Å². The third-order valence-corrected chi connectivity index (χ3v) is 3.23. The lowest BCUT2D eigenvalue weighted by molar-refractivity contribution is -0.112. The predicted octanol–water partition coefficient (Wildman–Crippen LogP) is 3.64. The van der Waals surface area contributed by atoms with E-state index in [1.807, 2.05) is 19.1 Å². The van der Waals surface area contributed by atoms with Crippen molar-refractivity contribution in [2.75, 3.05) is 19.0 Å². The van der Waals surface area contributed by atoms with Crippen LogP contribution in [0.2, 0.25) is 0 Å². The van der Waals surface area contributed by atoms with Crippen molar-refractivity contribution in [2.24, 2.45) is 0 Å². The number of rotatable bonds is 6. The summed E-state index contributed by atoms with van der Waals surface area (Å²) in [5.74, 6) is 0.788. The van der Waals surface area contributed by atoms with Crippen LogP contribution in [-0.2, 0) is 4.79 Å². The Labute approximate surface area is 141 Å². The number of nitrogens with one attached hydrogen (secondary N) is 1. The number of ether oxygens (including phenoxy) is 2. The molecule has 24 heavy (non-hydrogen) atoms. The van der Waals surface area contributed by atoms with Gasteiger partial charge in [0.2, 0.25) is 0 Å². The van der Waals surface area contributed by atoms with Gasteiger partial charge in [0.1, 0.15) is 23.1 Å². The smallest absolute Gasteiger partial charge is 0.266 e. The quantitative estimate of drug-likeness (QED) is 0.651. The van der Waals surface area contributed by atoms with Crippen LogP contribution in [0.4, 0.5) is 5.69 Å². The van der Waals surface area contributed by atoms with Crippen LogP contribution in [0.5, 0.6) is 11.5 Å². The standard InChI is InChI=1S/C19H18N2O3/c1-3-24-18-7-5-4-6-17(18)21-19(22)15(13-20)12-14-8-10-16(23-2)11-9-14/h4-12H,3H2,1-2H3,(H,21,22)/b15-12-. The number of carbonyl (C=O) groups excluding carboxylic acids is 1. The maximum atomic E-state index is 12.3. The van der Waals surface area contributed by atoms with Crippen molar-refractivity contribution in [2.45, 2.75) is 6.92 Å². The van der Waals surface area contributed by atoms with Crippen molar-refractivity contribution < 1.29 is 14.3 Å².